The molecule has 2 aromatic carbocycles. The van der Waals surface area contributed by atoms with Crippen LogP contribution in [0.25, 0.3) is 0 Å². The fourth-order valence-electron chi connectivity index (χ4n) is 4.71. The molecule has 182 valence electrons. The van der Waals surface area contributed by atoms with Gasteiger partial charge in [0.15, 0.2) is 11.4 Å². The van der Waals surface area contributed by atoms with Crippen molar-refractivity contribution in [3.05, 3.63) is 70.7 Å². The third-order valence-electron chi connectivity index (χ3n) is 7.02. The highest BCUT2D eigenvalue weighted by Gasteiger charge is 2.49. The lowest BCUT2D eigenvalue weighted by Crippen LogP contribution is -2.57. The molecule has 7 heteroatoms. The first kappa shape index (κ1) is 25.9. The predicted octanol–water partition coefficient (Wildman–Crippen LogP) is 4.58. The van der Waals surface area contributed by atoms with E-state index in [1.807, 2.05) is 56.6 Å². The Morgan fingerprint density at radius 1 is 0.941 bits per heavy atom. The van der Waals surface area contributed by atoms with E-state index >= 15 is 0 Å². The summed E-state index contributed by atoms with van der Waals surface area (Å²) in [5, 5.41) is 0.691. The van der Waals surface area contributed by atoms with E-state index < -0.39 is 17.5 Å². The van der Waals surface area contributed by atoms with Crippen molar-refractivity contribution < 1.29 is 19.1 Å². The van der Waals surface area contributed by atoms with E-state index in [9.17, 15) is 14.4 Å². The van der Waals surface area contributed by atoms with E-state index in [2.05, 4.69) is 4.90 Å². The normalized spacial score (nSPS) is 22.4. The molecule has 3 rings (SSSR count). The van der Waals surface area contributed by atoms with Crippen molar-refractivity contribution in [1.82, 2.24) is 4.90 Å². The zero-order chi connectivity index (χ0) is 24.8. The number of halogens is 1. The molecule has 0 heterocycles. The van der Waals surface area contributed by atoms with Crippen molar-refractivity contribution in [3.8, 4) is 0 Å². The van der Waals surface area contributed by atoms with Crippen LogP contribution in [0.2, 0.25) is 5.02 Å². The minimum Gasteiger partial charge on any atom is -0.449 e. The highest BCUT2D eigenvalue weighted by molar-refractivity contribution is 6.30. The van der Waals surface area contributed by atoms with Crippen molar-refractivity contribution in [2.45, 2.75) is 62.5 Å². The number of likely N-dealkylation sites (N-methyl/N-ethyl adjacent to an activating group) is 1. The molecule has 0 radical (unpaired) electrons. The van der Waals surface area contributed by atoms with Gasteiger partial charge in [-0.05, 0) is 70.3 Å². The molecule has 1 fully saturated rings. The average molecular weight is 485 g/mol. The van der Waals surface area contributed by atoms with Crippen LogP contribution >= 0.6 is 11.6 Å². The molecule has 0 bridgehead atoms. The van der Waals surface area contributed by atoms with Crippen molar-refractivity contribution >= 4 is 29.3 Å². The lowest BCUT2D eigenvalue weighted by atomic mass is 9.70. The number of carbonyl (C=O) groups excluding carboxylic acids is 3. The molecule has 2 N–H and O–H groups in total. The smallest absolute Gasteiger partial charge is 0.306 e. The molecule has 2 aromatic rings. The quantitative estimate of drug-likeness (QED) is 0.394. The van der Waals surface area contributed by atoms with E-state index in [0.717, 1.165) is 12.0 Å². The molecule has 1 aliphatic carbocycles. The highest BCUT2D eigenvalue weighted by atomic mass is 35.5. The number of hydrogen-bond donors (Lipinski definition) is 1. The second-order valence-corrected chi connectivity index (χ2v) is 9.83. The minimum atomic E-state index is -1.31. The summed E-state index contributed by atoms with van der Waals surface area (Å²) in [6.07, 6.45) is 3.51. The Balaban J connectivity index is 1.59. The molecular weight excluding hydrogens is 452 g/mol. The largest absolute Gasteiger partial charge is 0.449 e. The Labute approximate surface area is 206 Å². The van der Waals surface area contributed by atoms with Gasteiger partial charge in [0, 0.05) is 29.0 Å². The molecule has 0 unspecified atom stereocenters. The monoisotopic (exact) mass is 484 g/mol. The molecule has 34 heavy (non-hydrogen) atoms. The van der Waals surface area contributed by atoms with Gasteiger partial charge in [0.2, 0.25) is 0 Å². The number of Topliss-reactive ketones (excluding diaryl/α,β-unsaturated/α-hetero) is 1. The highest BCUT2D eigenvalue weighted by Crippen LogP contribution is 2.42. The minimum absolute atomic E-state index is 0.0198. The summed E-state index contributed by atoms with van der Waals surface area (Å²) in [6.45, 7) is 0. The van der Waals surface area contributed by atoms with Gasteiger partial charge in [-0.3, -0.25) is 14.4 Å². The number of ketones is 1. The van der Waals surface area contributed by atoms with Crippen LogP contribution in [0.1, 0.15) is 60.9 Å². The number of rotatable bonds is 10. The number of esters is 1. The Kier molecular flexibility index (Phi) is 8.50. The summed E-state index contributed by atoms with van der Waals surface area (Å²) in [5.74, 6) is -1.12. The van der Waals surface area contributed by atoms with Crippen LogP contribution in [-0.4, -0.2) is 47.8 Å². The van der Waals surface area contributed by atoms with E-state index in [1.54, 1.807) is 12.1 Å². The molecule has 1 amide bonds. The van der Waals surface area contributed by atoms with Gasteiger partial charge in [0.1, 0.15) is 0 Å². The van der Waals surface area contributed by atoms with E-state index in [4.69, 9.17) is 22.1 Å². The van der Waals surface area contributed by atoms with Gasteiger partial charge in [0.05, 0.1) is 0 Å². The summed E-state index contributed by atoms with van der Waals surface area (Å²) < 4.78 is 5.71. The molecule has 0 spiro atoms. The summed E-state index contributed by atoms with van der Waals surface area (Å²) in [7, 11) is 4.06. The second kappa shape index (κ2) is 11.2. The Morgan fingerprint density at radius 2 is 1.56 bits per heavy atom. The Morgan fingerprint density at radius 3 is 2.12 bits per heavy atom. The van der Waals surface area contributed by atoms with E-state index in [0.29, 0.717) is 42.7 Å². The van der Waals surface area contributed by atoms with Gasteiger partial charge in [0.25, 0.3) is 5.91 Å². The first-order chi connectivity index (χ1) is 16.2. The van der Waals surface area contributed by atoms with Crippen molar-refractivity contribution in [3.63, 3.8) is 0 Å². The van der Waals surface area contributed by atoms with Crippen molar-refractivity contribution in [2.75, 3.05) is 14.1 Å². The molecule has 1 aliphatic rings. The first-order valence-corrected chi connectivity index (χ1v) is 12.1. The Bertz CT molecular complexity index is 997. The van der Waals surface area contributed by atoms with Crippen LogP contribution in [0.15, 0.2) is 54.6 Å². The van der Waals surface area contributed by atoms with E-state index in [-0.39, 0.29) is 24.2 Å². The van der Waals surface area contributed by atoms with Gasteiger partial charge in [-0.2, -0.15) is 0 Å². The summed E-state index contributed by atoms with van der Waals surface area (Å²) in [5.41, 5.74) is 6.03. The van der Waals surface area contributed by atoms with Crippen LogP contribution < -0.4 is 5.73 Å². The second-order valence-electron chi connectivity index (χ2n) is 9.40. The topological polar surface area (TPSA) is 89.7 Å². The fraction of sp³-hybridized carbons (Fsp3) is 0.444. The zero-order valence-electron chi connectivity index (χ0n) is 19.9. The average Bonchev–Trinajstić information content (AvgIpc) is 2.82. The van der Waals surface area contributed by atoms with Crippen molar-refractivity contribution in [1.29, 1.82) is 0 Å². The van der Waals surface area contributed by atoms with Crippen LogP contribution in [0.5, 0.6) is 0 Å². The zero-order valence-corrected chi connectivity index (χ0v) is 20.6. The van der Waals surface area contributed by atoms with Gasteiger partial charge in [-0.25, -0.2) is 0 Å². The maximum absolute atomic E-state index is 12.6. The number of hydrogen-bond acceptors (Lipinski definition) is 5. The van der Waals surface area contributed by atoms with Gasteiger partial charge < -0.3 is 15.4 Å². The van der Waals surface area contributed by atoms with Gasteiger partial charge in [-0.1, -0.05) is 54.1 Å². The number of carbonyl (C=O) groups is 3. The lowest BCUT2D eigenvalue weighted by molar-refractivity contribution is -0.174. The predicted molar refractivity (Wildman–Crippen MR) is 133 cm³/mol. The lowest BCUT2D eigenvalue weighted by Gasteiger charge is -2.48. The molecule has 1 saturated carbocycles. The van der Waals surface area contributed by atoms with Crippen LogP contribution in [0, 0.1) is 0 Å². The van der Waals surface area contributed by atoms with Crippen LogP contribution in [0.3, 0.4) is 0 Å². The number of ether oxygens (including phenoxy) is 1. The van der Waals surface area contributed by atoms with E-state index in [1.165, 1.54) is 0 Å². The number of primary amides is 1. The van der Waals surface area contributed by atoms with Crippen LogP contribution in [-0.2, 0) is 20.7 Å². The Hall–Kier alpha value is -2.70. The van der Waals surface area contributed by atoms with Gasteiger partial charge in [-0.15, -0.1) is 0 Å². The van der Waals surface area contributed by atoms with Gasteiger partial charge >= 0.3 is 5.97 Å². The number of benzene rings is 2. The fourth-order valence-corrected chi connectivity index (χ4v) is 4.84. The summed E-state index contributed by atoms with van der Waals surface area (Å²) in [4.78, 5) is 39.4. The molecule has 0 aromatic heterocycles. The third kappa shape index (κ3) is 6.24. The standard InChI is InChI=1S/C27H33ClN2O4/c1-30(2)26(19-20-11-13-22(28)14-12-20)15-17-27(18-16-26,25(29)33)34-24(32)10-6-9-23(31)21-7-4-3-5-8-21/h3-5,7-8,11-14H,6,9-10,15-19H2,1-2H3,(H2,29,33). The molecule has 0 aliphatic heterocycles. The maximum atomic E-state index is 12.6. The molecular formula is C27H33ClN2O4. The van der Waals surface area contributed by atoms with Crippen LogP contribution in [0.4, 0.5) is 0 Å². The summed E-state index contributed by atoms with van der Waals surface area (Å²) >= 11 is 6.03. The first-order valence-electron chi connectivity index (χ1n) is 11.7. The number of nitrogens with two attached hydrogens (primary N) is 1. The number of amides is 1. The number of nitrogens with zero attached hydrogens (tertiary/aromatic N) is 1. The molecule has 0 atom stereocenters. The molecule has 6 nitrogen and oxygen atoms in total. The summed E-state index contributed by atoms with van der Waals surface area (Å²) in [6, 6.07) is 16.8. The molecule has 0 saturated heterocycles. The third-order valence-corrected chi connectivity index (χ3v) is 7.27. The SMILES string of the molecule is CN(C)C1(Cc2ccc(Cl)cc2)CCC(OC(=O)CCCC(=O)c2ccccc2)(C(N)=O)CC1. The van der Waals surface area contributed by atoms with Crippen molar-refractivity contribution in [2.24, 2.45) is 5.73 Å². The maximum Gasteiger partial charge on any atom is 0.306 e.